The van der Waals surface area contributed by atoms with Crippen LogP contribution < -0.4 is 10.0 Å². The Kier molecular flexibility index (Phi) is 6.69. The van der Waals surface area contributed by atoms with Gasteiger partial charge in [0.05, 0.1) is 10.6 Å². The van der Waals surface area contributed by atoms with E-state index in [4.69, 9.17) is 11.6 Å². The van der Waals surface area contributed by atoms with Crippen LogP contribution >= 0.6 is 11.6 Å². The molecule has 0 aliphatic rings. The summed E-state index contributed by atoms with van der Waals surface area (Å²) < 4.78 is 27.7. The molecule has 0 heterocycles. The summed E-state index contributed by atoms with van der Waals surface area (Å²) in [6, 6.07) is 22.1. The molecule has 0 unspecified atom stereocenters. The van der Waals surface area contributed by atoms with E-state index in [-0.39, 0.29) is 17.3 Å². The first-order valence-electron chi connectivity index (χ1n) is 8.81. The molecule has 0 aliphatic carbocycles. The predicted octanol–water partition coefficient (Wildman–Crippen LogP) is 4.47. The third-order valence-corrected chi connectivity index (χ3v) is 5.70. The summed E-state index contributed by atoms with van der Waals surface area (Å²) in [6.07, 6.45) is 3.09. The number of para-hydroxylation sites is 1. The van der Waals surface area contributed by atoms with Crippen molar-refractivity contribution in [3.8, 4) is 0 Å². The quantitative estimate of drug-likeness (QED) is 0.547. The number of benzene rings is 3. The zero-order valence-corrected chi connectivity index (χ0v) is 17.0. The lowest BCUT2D eigenvalue weighted by atomic mass is 10.2. The summed E-state index contributed by atoms with van der Waals surface area (Å²) in [7, 11) is -3.71. The maximum absolute atomic E-state index is 12.6. The predicted molar refractivity (Wildman–Crippen MR) is 116 cm³/mol. The maximum atomic E-state index is 12.6. The first-order valence-corrected chi connectivity index (χ1v) is 10.7. The van der Waals surface area contributed by atoms with E-state index >= 15 is 0 Å². The largest absolute Gasteiger partial charge is 0.348 e. The molecular weight excluding hydrogens is 408 g/mol. The van der Waals surface area contributed by atoms with Crippen LogP contribution in [0.15, 0.2) is 89.8 Å². The maximum Gasteiger partial charge on any atom is 0.261 e. The van der Waals surface area contributed by atoms with Gasteiger partial charge in [0.1, 0.15) is 0 Å². The van der Waals surface area contributed by atoms with Gasteiger partial charge in [-0.3, -0.25) is 9.52 Å². The number of amides is 1. The number of anilines is 1. The highest BCUT2D eigenvalue weighted by Gasteiger charge is 2.15. The van der Waals surface area contributed by atoms with Crippen molar-refractivity contribution < 1.29 is 13.2 Å². The van der Waals surface area contributed by atoms with E-state index in [0.29, 0.717) is 16.3 Å². The number of carbonyl (C=O) groups is 1. The molecule has 0 radical (unpaired) electrons. The molecule has 0 bridgehead atoms. The summed E-state index contributed by atoms with van der Waals surface area (Å²) in [5, 5.41) is 3.39. The van der Waals surface area contributed by atoms with E-state index in [2.05, 4.69) is 10.0 Å². The highest BCUT2D eigenvalue weighted by atomic mass is 35.5. The van der Waals surface area contributed by atoms with E-state index < -0.39 is 10.0 Å². The van der Waals surface area contributed by atoms with Gasteiger partial charge < -0.3 is 5.32 Å². The molecule has 29 heavy (non-hydrogen) atoms. The van der Waals surface area contributed by atoms with Crippen LogP contribution in [0.3, 0.4) is 0 Å². The normalized spacial score (nSPS) is 11.3. The van der Waals surface area contributed by atoms with Crippen molar-refractivity contribution in [2.45, 2.75) is 11.4 Å². The number of hydrogen-bond donors (Lipinski definition) is 2. The van der Waals surface area contributed by atoms with Crippen LogP contribution in [-0.4, -0.2) is 14.3 Å². The van der Waals surface area contributed by atoms with Crippen LogP contribution in [0.4, 0.5) is 5.69 Å². The fourth-order valence-electron chi connectivity index (χ4n) is 2.56. The van der Waals surface area contributed by atoms with E-state index in [1.165, 1.54) is 18.2 Å². The van der Waals surface area contributed by atoms with Gasteiger partial charge in [0.15, 0.2) is 0 Å². The molecule has 0 fully saturated rings. The third kappa shape index (κ3) is 5.94. The van der Waals surface area contributed by atoms with Gasteiger partial charge in [-0.15, -0.1) is 0 Å². The van der Waals surface area contributed by atoms with Crippen molar-refractivity contribution in [3.63, 3.8) is 0 Å². The number of nitrogens with one attached hydrogen (secondary N) is 2. The minimum absolute atomic E-state index is 0.171. The molecule has 3 aromatic rings. The molecule has 2 N–H and O–H groups in total. The van der Waals surface area contributed by atoms with Crippen molar-refractivity contribution in [1.82, 2.24) is 5.32 Å². The molecule has 148 valence electrons. The molecule has 0 spiro atoms. The summed E-state index contributed by atoms with van der Waals surface area (Å²) >= 11 is 5.84. The SMILES string of the molecule is O=C(C=Cc1ccc(Cl)cc1)NCc1ccccc1NS(=O)(=O)c1ccccc1. The van der Waals surface area contributed by atoms with Gasteiger partial charge in [-0.2, -0.15) is 0 Å². The fraction of sp³-hybridized carbons (Fsp3) is 0.0455. The second kappa shape index (κ2) is 9.41. The summed E-state index contributed by atoms with van der Waals surface area (Å²) in [5.74, 6) is -0.291. The molecule has 7 heteroatoms. The Morgan fingerprint density at radius 2 is 1.55 bits per heavy atom. The number of hydrogen-bond acceptors (Lipinski definition) is 3. The van der Waals surface area contributed by atoms with Gasteiger partial charge >= 0.3 is 0 Å². The molecule has 5 nitrogen and oxygen atoms in total. The number of sulfonamides is 1. The lowest BCUT2D eigenvalue weighted by Crippen LogP contribution is -2.22. The molecule has 0 aliphatic heterocycles. The lowest BCUT2D eigenvalue weighted by Gasteiger charge is -2.13. The summed E-state index contributed by atoms with van der Waals surface area (Å²) in [4.78, 5) is 12.3. The summed E-state index contributed by atoms with van der Waals surface area (Å²) in [6.45, 7) is 0.178. The lowest BCUT2D eigenvalue weighted by molar-refractivity contribution is -0.116. The molecular formula is C22H19ClN2O3S. The first-order chi connectivity index (χ1) is 13.9. The molecule has 0 aromatic heterocycles. The third-order valence-electron chi connectivity index (χ3n) is 4.07. The van der Waals surface area contributed by atoms with Gasteiger partial charge in [-0.05, 0) is 47.5 Å². The fourth-order valence-corrected chi connectivity index (χ4v) is 3.81. The van der Waals surface area contributed by atoms with E-state index in [9.17, 15) is 13.2 Å². The molecule has 0 saturated heterocycles. The average molecular weight is 427 g/mol. The van der Waals surface area contributed by atoms with E-state index in [0.717, 1.165) is 5.56 Å². The minimum atomic E-state index is -3.71. The Morgan fingerprint density at radius 3 is 2.28 bits per heavy atom. The van der Waals surface area contributed by atoms with Crippen molar-refractivity contribution >= 4 is 39.3 Å². The molecule has 0 atom stereocenters. The number of rotatable bonds is 7. The Hall–Kier alpha value is -3.09. The van der Waals surface area contributed by atoms with Crippen molar-refractivity contribution in [2.75, 3.05) is 4.72 Å². The Bertz CT molecular complexity index is 1110. The molecule has 1 amide bonds. The van der Waals surface area contributed by atoms with Gasteiger partial charge in [-0.1, -0.05) is 60.1 Å². The van der Waals surface area contributed by atoms with Crippen LogP contribution in [0.2, 0.25) is 5.02 Å². The van der Waals surface area contributed by atoms with Gasteiger partial charge in [0, 0.05) is 17.6 Å². The Morgan fingerprint density at radius 1 is 0.897 bits per heavy atom. The highest BCUT2D eigenvalue weighted by Crippen LogP contribution is 2.20. The second-order valence-corrected chi connectivity index (χ2v) is 8.30. The average Bonchev–Trinajstić information content (AvgIpc) is 2.73. The first kappa shape index (κ1) is 20.6. The van der Waals surface area contributed by atoms with Crippen molar-refractivity contribution in [1.29, 1.82) is 0 Å². The van der Waals surface area contributed by atoms with Crippen LogP contribution in [-0.2, 0) is 21.4 Å². The number of halogens is 1. The highest BCUT2D eigenvalue weighted by molar-refractivity contribution is 7.92. The van der Waals surface area contributed by atoms with Crippen molar-refractivity contribution in [3.05, 3.63) is 101 Å². The van der Waals surface area contributed by atoms with Crippen LogP contribution in [0.25, 0.3) is 6.08 Å². The van der Waals surface area contributed by atoms with Crippen LogP contribution in [0.1, 0.15) is 11.1 Å². The van der Waals surface area contributed by atoms with Crippen molar-refractivity contribution in [2.24, 2.45) is 0 Å². The molecule has 0 saturated carbocycles. The summed E-state index contributed by atoms with van der Waals surface area (Å²) in [5.41, 5.74) is 1.92. The molecule has 3 rings (SSSR count). The Balaban J connectivity index is 1.66. The Labute approximate surface area is 175 Å². The standard InChI is InChI=1S/C22H19ClN2O3S/c23-19-13-10-17(11-14-19)12-15-22(26)24-16-18-6-4-5-9-21(18)25-29(27,28)20-7-2-1-3-8-20/h1-15,25H,16H2,(H,24,26). The topological polar surface area (TPSA) is 75.3 Å². The second-order valence-electron chi connectivity index (χ2n) is 6.18. The zero-order chi connectivity index (χ0) is 20.7. The van der Waals surface area contributed by atoms with Crippen LogP contribution in [0.5, 0.6) is 0 Å². The van der Waals surface area contributed by atoms with Gasteiger partial charge in [0.25, 0.3) is 10.0 Å². The van der Waals surface area contributed by atoms with Gasteiger partial charge in [0.2, 0.25) is 5.91 Å². The van der Waals surface area contributed by atoms with Gasteiger partial charge in [-0.25, -0.2) is 8.42 Å². The number of carbonyl (C=O) groups excluding carboxylic acids is 1. The molecule has 3 aromatic carbocycles. The minimum Gasteiger partial charge on any atom is -0.348 e. The zero-order valence-electron chi connectivity index (χ0n) is 15.4. The van der Waals surface area contributed by atoms with E-state index in [1.807, 2.05) is 0 Å². The van der Waals surface area contributed by atoms with Crippen LogP contribution in [0, 0.1) is 0 Å². The monoisotopic (exact) mass is 426 g/mol. The van der Waals surface area contributed by atoms with E-state index in [1.54, 1.807) is 72.8 Å². The smallest absolute Gasteiger partial charge is 0.261 e.